The number of rotatable bonds is 7. The van der Waals surface area contributed by atoms with Gasteiger partial charge in [0.15, 0.2) is 0 Å². The minimum absolute atomic E-state index is 0.129. The summed E-state index contributed by atoms with van der Waals surface area (Å²) in [5.41, 5.74) is 2.65. The van der Waals surface area contributed by atoms with Crippen molar-refractivity contribution in [3.8, 4) is 10.4 Å². The van der Waals surface area contributed by atoms with Gasteiger partial charge in [-0.05, 0) is 36.6 Å². The minimum atomic E-state index is -0.198. The number of likely N-dealkylation sites (N-methyl/N-ethyl adjacent to an activating group) is 1. The number of thiazole rings is 1. The van der Waals surface area contributed by atoms with Crippen LogP contribution < -0.4 is 5.32 Å². The van der Waals surface area contributed by atoms with Gasteiger partial charge in [-0.15, -0.1) is 11.3 Å². The zero-order chi connectivity index (χ0) is 23.5. The molecule has 2 amide bonds. The van der Waals surface area contributed by atoms with E-state index in [9.17, 15) is 9.59 Å². The van der Waals surface area contributed by atoms with Crippen LogP contribution in [0.2, 0.25) is 0 Å². The summed E-state index contributed by atoms with van der Waals surface area (Å²) in [6, 6.07) is 16.8. The third-order valence-corrected chi connectivity index (χ3v) is 6.79. The molecule has 4 rings (SSSR count). The summed E-state index contributed by atoms with van der Waals surface area (Å²) >= 11 is 1.51. The molecule has 1 atom stereocenters. The standard InChI is InChI=1S/C26H27N3O3S/c1-16(2)21(15-27-25(30)20-11-8-12-22-19(20)13-14-32-22)29(4)26(31)23-24(33-17(3)28-23)18-9-6-5-7-10-18/h5-14,16,21H,15H2,1-4H3,(H,27,30). The number of amides is 2. The highest BCUT2D eigenvalue weighted by Gasteiger charge is 2.28. The van der Waals surface area contributed by atoms with Crippen LogP contribution in [0.25, 0.3) is 21.4 Å². The van der Waals surface area contributed by atoms with Crippen LogP contribution in [-0.4, -0.2) is 41.3 Å². The Morgan fingerprint density at radius 2 is 1.85 bits per heavy atom. The smallest absolute Gasteiger partial charge is 0.274 e. The fraction of sp³-hybridized carbons (Fsp3) is 0.269. The summed E-state index contributed by atoms with van der Waals surface area (Å²) in [7, 11) is 1.78. The Labute approximate surface area is 197 Å². The molecule has 6 nitrogen and oxygen atoms in total. The Hall–Kier alpha value is -3.45. The first-order valence-corrected chi connectivity index (χ1v) is 11.7. The van der Waals surface area contributed by atoms with Crippen LogP contribution in [-0.2, 0) is 0 Å². The fourth-order valence-corrected chi connectivity index (χ4v) is 4.90. The molecule has 170 valence electrons. The third-order valence-electron chi connectivity index (χ3n) is 5.77. The van der Waals surface area contributed by atoms with E-state index in [1.54, 1.807) is 36.4 Å². The first-order chi connectivity index (χ1) is 15.9. The molecule has 0 radical (unpaired) electrons. The van der Waals surface area contributed by atoms with E-state index in [1.165, 1.54) is 11.3 Å². The molecule has 0 aliphatic heterocycles. The molecule has 0 aliphatic carbocycles. The van der Waals surface area contributed by atoms with Crippen LogP contribution in [0.3, 0.4) is 0 Å². The van der Waals surface area contributed by atoms with Crippen LogP contribution in [0.15, 0.2) is 65.3 Å². The fourth-order valence-electron chi connectivity index (χ4n) is 3.98. The minimum Gasteiger partial charge on any atom is -0.464 e. The summed E-state index contributed by atoms with van der Waals surface area (Å²) in [6.07, 6.45) is 1.57. The molecule has 0 fully saturated rings. The molecule has 0 saturated carbocycles. The predicted molar refractivity (Wildman–Crippen MR) is 132 cm³/mol. The van der Waals surface area contributed by atoms with Crippen molar-refractivity contribution in [3.05, 3.63) is 77.1 Å². The molecule has 1 N–H and O–H groups in total. The van der Waals surface area contributed by atoms with Gasteiger partial charge < -0.3 is 14.6 Å². The molecule has 4 aromatic rings. The van der Waals surface area contributed by atoms with Crippen molar-refractivity contribution >= 4 is 34.1 Å². The predicted octanol–water partition coefficient (Wildman–Crippen LogP) is 5.39. The lowest BCUT2D eigenvalue weighted by molar-refractivity contribution is 0.0671. The normalized spacial score (nSPS) is 12.2. The van der Waals surface area contributed by atoms with Crippen LogP contribution >= 0.6 is 11.3 Å². The van der Waals surface area contributed by atoms with Crippen molar-refractivity contribution in [2.24, 2.45) is 5.92 Å². The van der Waals surface area contributed by atoms with E-state index in [4.69, 9.17) is 4.42 Å². The van der Waals surface area contributed by atoms with Crippen LogP contribution in [0.5, 0.6) is 0 Å². The number of carbonyl (C=O) groups is 2. The molecule has 2 heterocycles. The number of furan rings is 1. The lowest BCUT2D eigenvalue weighted by Gasteiger charge is -2.31. The average molecular weight is 462 g/mol. The van der Waals surface area contributed by atoms with Gasteiger partial charge in [-0.3, -0.25) is 9.59 Å². The van der Waals surface area contributed by atoms with Crippen LogP contribution in [0.1, 0.15) is 39.7 Å². The number of hydrogen-bond donors (Lipinski definition) is 1. The van der Waals surface area contributed by atoms with Crippen molar-refractivity contribution in [1.82, 2.24) is 15.2 Å². The van der Waals surface area contributed by atoms with E-state index in [2.05, 4.69) is 10.3 Å². The summed E-state index contributed by atoms with van der Waals surface area (Å²) in [5.74, 6) is -0.213. The summed E-state index contributed by atoms with van der Waals surface area (Å²) in [5, 5.41) is 4.62. The number of nitrogens with one attached hydrogen (secondary N) is 1. The van der Waals surface area contributed by atoms with Gasteiger partial charge in [-0.1, -0.05) is 50.2 Å². The molecule has 0 spiro atoms. The van der Waals surface area contributed by atoms with Crippen molar-refractivity contribution in [3.63, 3.8) is 0 Å². The van der Waals surface area contributed by atoms with E-state index in [-0.39, 0.29) is 23.8 Å². The second-order valence-electron chi connectivity index (χ2n) is 8.35. The van der Waals surface area contributed by atoms with E-state index < -0.39 is 0 Å². The maximum atomic E-state index is 13.5. The zero-order valence-corrected chi connectivity index (χ0v) is 20.0. The Kier molecular flexibility index (Phi) is 6.60. The van der Waals surface area contributed by atoms with Crippen molar-refractivity contribution in [2.75, 3.05) is 13.6 Å². The topological polar surface area (TPSA) is 75.4 Å². The highest BCUT2D eigenvalue weighted by molar-refractivity contribution is 7.15. The molecular weight excluding hydrogens is 434 g/mol. The van der Waals surface area contributed by atoms with E-state index in [0.29, 0.717) is 23.4 Å². The molecule has 1 unspecified atom stereocenters. The Bertz CT molecular complexity index is 1280. The van der Waals surface area contributed by atoms with Crippen molar-refractivity contribution in [2.45, 2.75) is 26.8 Å². The molecule has 7 heteroatoms. The van der Waals surface area contributed by atoms with Gasteiger partial charge in [0.25, 0.3) is 11.8 Å². The number of benzene rings is 2. The van der Waals surface area contributed by atoms with Gasteiger partial charge in [0.2, 0.25) is 0 Å². The summed E-state index contributed by atoms with van der Waals surface area (Å²) in [6.45, 7) is 6.32. The number of carbonyl (C=O) groups excluding carboxylic acids is 2. The largest absolute Gasteiger partial charge is 0.464 e. The molecule has 0 aliphatic rings. The maximum Gasteiger partial charge on any atom is 0.274 e. The van der Waals surface area contributed by atoms with Crippen molar-refractivity contribution in [1.29, 1.82) is 0 Å². The molecule has 0 bridgehead atoms. The number of hydrogen-bond acceptors (Lipinski definition) is 5. The van der Waals surface area contributed by atoms with Crippen LogP contribution in [0.4, 0.5) is 0 Å². The third kappa shape index (κ3) is 4.68. The molecule has 2 aromatic carbocycles. The quantitative estimate of drug-likeness (QED) is 0.400. The summed E-state index contributed by atoms with van der Waals surface area (Å²) in [4.78, 5) is 33.5. The Balaban J connectivity index is 1.53. The highest BCUT2D eigenvalue weighted by atomic mass is 32.1. The van der Waals surface area contributed by atoms with E-state index >= 15 is 0 Å². The van der Waals surface area contributed by atoms with Gasteiger partial charge in [-0.2, -0.15) is 0 Å². The molecule has 33 heavy (non-hydrogen) atoms. The number of fused-ring (bicyclic) bond motifs is 1. The second-order valence-corrected chi connectivity index (χ2v) is 9.56. The number of nitrogens with zero attached hydrogens (tertiary/aromatic N) is 2. The molecule has 0 saturated heterocycles. The number of aromatic nitrogens is 1. The van der Waals surface area contributed by atoms with E-state index in [1.807, 2.05) is 57.2 Å². The molecule has 2 aromatic heterocycles. The van der Waals surface area contributed by atoms with Crippen molar-refractivity contribution < 1.29 is 14.0 Å². The maximum absolute atomic E-state index is 13.5. The average Bonchev–Trinajstić information content (AvgIpc) is 3.45. The SMILES string of the molecule is Cc1nc(C(=O)N(C)C(CNC(=O)c2cccc3occc23)C(C)C)c(-c2ccccc2)s1. The lowest BCUT2D eigenvalue weighted by Crippen LogP contribution is -2.47. The summed E-state index contributed by atoms with van der Waals surface area (Å²) < 4.78 is 5.40. The van der Waals surface area contributed by atoms with Gasteiger partial charge in [0.1, 0.15) is 11.3 Å². The Morgan fingerprint density at radius 3 is 2.58 bits per heavy atom. The van der Waals surface area contributed by atoms with E-state index in [0.717, 1.165) is 20.8 Å². The Morgan fingerprint density at radius 1 is 1.09 bits per heavy atom. The van der Waals surface area contributed by atoms with Gasteiger partial charge in [0.05, 0.1) is 27.8 Å². The van der Waals surface area contributed by atoms with Gasteiger partial charge in [0, 0.05) is 19.0 Å². The number of aryl methyl sites for hydroxylation is 1. The first kappa shape index (κ1) is 22.7. The molecular formula is C26H27N3O3S. The van der Waals surface area contributed by atoms with Crippen LogP contribution in [0, 0.1) is 12.8 Å². The highest BCUT2D eigenvalue weighted by Crippen LogP contribution is 2.31. The van der Waals surface area contributed by atoms with Gasteiger partial charge >= 0.3 is 0 Å². The second kappa shape index (κ2) is 9.58. The lowest BCUT2D eigenvalue weighted by atomic mass is 10.0. The first-order valence-electron chi connectivity index (χ1n) is 10.9. The monoisotopic (exact) mass is 461 g/mol. The zero-order valence-electron chi connectivity index (χ0n) is 19.2. The van der Waals surface area contributed by atoms with Gasteiger partial charge in [-0.25, -0.2) is 4.98 Å².